The third kappa shape index (κ3) is 7.85. The molecule has 0 bridgehead atoms. The molecule has 0 fully saturated rings. The van der Waals surface area contributed by atoms with Crippen molar-refractivity contribution < 1.29 is 28.7 Å². The SMILES string of the molecule is CCOC(=O)C(NC(=O)c1cc(Oc2c(Br)cc(CP(C)(C)=O)cc2Br)ccc1O)C(C)CC. The fourth-order valence-electron chi connectivity index (χ4n) is 3.24. The molecule has 7 nitrogen and oxygen atoms in total. The summed E-state index contributed by atoms with van der Waals surface area (Å²) in [5, 5.41) is 13.0. The van der Waals surface area contributed by atoms with Crippen LogP contribution in [0.3, 0.4) is 0 Å². The first-order valence-corrected chi connectivity index (χ1v) is 15.2. The summed E-state index contributed by atoms with van der Waals surface area (Å²) in [6.07, 6.45) is 1.11. The zero-order valence-corrected chi connectivity index (χ0v) is 23.9. The number of phenols is 1. The van der Waals surface area contributed by atoms with Gasteiger partial charge in [0.05, 0.1) is 28.3 Å². The van der Waals surface area contributed by atoms with Gasteiger partial charge in [0.15, 0.2) is 5.75 Å². The largest absolute Gasteiger partial charge is 0.507 e. The second kappa shape index (κ2) is 12.2. The molecule has 0 aliphatic carbocycles. The van der Waals surface area contributed by atoms with Gasteiger partial charge in [-0.3, -0.25) is 4.79 Å². The number of nitrogens with one attached hydrogen (secondary N) is 1. The molecule has 34 heavy (non-hydrogen) atoms. The van der Waals surface area contributed by atoms with Crippen molar-refractivity contribution in [2.75, 3.05) is 19.9 Å². The van der Waals surface area contributed by atoms with Crippen LogP contribution in [0.5, 0.6) is 17.2 Å². The molecule has 0 aliphatic heterocycles. The van der Waals surface area contributed by atoms with Crippen molar-refractivity contribution in [2.24, 2.45) is 5.92 Å². The lowest BCUT2D eigenvalue weighted by Crippen LogP contribution is -2.46. The zero-order valence-electron chi connectivity index (χ0n) is 19.9. The number of phenolic OH excluding ortho intramolecular Hbond substituents is 1. The van der Waals surface area contributed by atoms with Gasteiger partial charge in [-0.2, -0.15) is 0 Å². The predicted molar refractivity (Wildman–Crippen MR) is 141 cm³/mol. The minimum atomic E-state index is -2.25. The molecule has 0 spiro atoms. The van der Waals surface area contributed by atoms with Crippen molar-refractivity contribution >= 4 is 50.9 Å². The molecule has 0 aliphatic rings. The van der Waals surface area contributed by atoms with Gasteiger partial charge in [-0.05, 0) is 93.9 Å². The van der Waals surface area contributed by atoms with Crippen LogP contribution < -0.4 is 10.1 Å². The van der Waals surface area contributed by atoms with Gasteiger partial charge < -0.3 is 24.5 Å². The molecule has 2 aromatic rings. The highest BCUT2D eigenvalue weighted by Crippen LogP contribution is 2.44. The average molecular weight is 619 g/mol. The Kier molecular flexibility index (Phi) is 10.2. The molecule has 10 heteroatoms. The summed E-state index contributed by atoms with van der Waals surface area (Å²) in [6.45, 7) is 9.12. The van der Waals surface area contributed by atoms with Crippen molar-refractivity contribution in [3.8, 4) is 17.2 Å². The average Bonchev–Trinajstić information content (AvgIpc) is 2.73. The van der Waals surface area contributed by atoms with Crippen LogP contribution in [0.2, 0.25) is 0 Å². The Bertz CT molecular complexity index is 1080. The molecule has 0 saturated carbocycles. The lowest BCUT2D eigenvalue weighted by molar-refractivity contribution is -0.146. The fourth-order valence-corrected chi connectivity index (χ4v) is 5.74. The van der Waals surface area contributed by atoms with Gasteiger partial charge in [0.1, 0.15) is 17.5 Å². The monoisotopic (exact) mass is 617 g/mol. The molecule has 2 atom stereocenters. The minimum absolute atomic E-state index is 0.0307. The van der Waals surface area contributed by atoms with E-state index in [0.717, 1.165) is 5.56 Å². The molecular weight excluding hydrogens is 589 g/mol. The van der Waals surface area contributed by atoms with E-state index >= 15 is 0 Å². The number of halogens is 2. The topological polar surface area (TPSA) is 102 Å². The lowest BCUT2D eigenvalue weighted by atomic mass is 9.98. The van der Waals surface area contributed by atoms with Crippen molar-refractivity contribution in [3.63, 3.8) is 0 Å². The predicted octanol–water partition coefficient (Wildman–Crippen LogP) is 6.54. The van der Waals surface area contributed by atoms with E-state index in [9.17, 15) is 19.3 Å². The Hall–Kier alpha value is -1.83. The number of hydrogen-bond acceptors (Lipinski definition) is 6. The quantitative estimate of drug-likeness (QED) is 0.232. The van der Waals surface area contributed by atoms with E-state index in [4.69, 9.17) is 9.47 Å². The van der Waals surface area contributed by atoms with Gasteiger partial charge in [-0.1, -0.05) is 20.3 Å². The number of ether oxygens (including phenoxy) is 2. The van der Waals surface area contributed by atoms with Crippen LogP contribution in [0, 0.1) is 5.92 Å². The van der Waals surface area contributed by atoms with E-state index in [-0.39, 0.29) is 23.8 Å². The first-order valence-electron chi connectivity index (χ1n) is 10.9. The lowest BCUT2D eigenvalue weighted by Gasteiger charge is -2.22. The molecule has 2 N–H and O–H groups in total. The van der Waals surface area contributed by atoms with E-state index in [0.29, 0.717) is 33.0 Å². The standard InChI is InChI=1S/C24H30Br2NO6P/c1-6-14(3)21(24(30)32-7-2)27-23(29)17-12-16(8-9-20(17)28)33-22-18(25)10-15(11-19(22)26)13-34(4,5)31/h8-12,14,21,28H,6-7,13H2,1-5H3,(H,27,29). The van der Waals surface area contributed by atoms with E-state index in [1.165, 1.54) is 18.2 Å². The Morgan fingerprint density at radius 3 is 2.26 bits per heavy atom. The highest BCUT2D eigenvalue weighted by molar-refractivity contribution is 9.11. The number of esters is 1. The minimum Gasteiger partial charge on any atom is -0.507 e. The Labute approximate surface area is 217 Å². The molecule has 186 valence electrons. The van der Waals surface area contributed by atoms with Gasteiger partial charge in [0.2, 0.25) is 0 Å². The smallest absolute Gasteiger partial charge is 0.328 e. The first kappa shape index (κ1) is 28.4. The maximum Gasteiger partial charge on any atom is 0.328 e. The van der Waals surface area contributed by atoms with Crippen LogP contribution in [-0.2, 0) is 20.3 Å². The normalized spacial score (nSPS) is 13.1. The summed E-state index contributed by atoms with van der Waals surface area (Å²) in [5.74, 6) is -0.759. The fraction of sp³-hybridized carbons (Fsp3) is 0.417. The van der Waals surface area contributed by atoms with E-state index < -0.39 is 25.1 Å². The summed E-state index contributed by atoms with van der Waals surface area (Å²) >= 11 is 6.97. The third-order valence-electron chi connectivity index (χ3n) is 5.09. The molecule has 1 amide bonds. The Balaban J connectivity index is 2.30. The van der Waals surface area contributed by atoms with Crippen molar-refractivity contribution in [3.05, 3.63) is 50.4 Å². The maximum atomic E-state index is 12.9. The van der Waals surface area contributed by atoms with E-state index in [1.54, 1.807) is 20.3 Å². The number of amides is 1. The van der Waals surface area contributed by atoms with Crippen LogP contribution in [0.1, 0.15) is 43.1 Å². The van der Waals surface area contributed by atoms with Crippen LogP contribution in [0.4, 0.5) is 0 Å². The van der Waals surface area contributed by atoms with E-state index in [1.807, 2.05) is 26.0 Å². The van der Waals surface area contributed by atoms with Crippen LogP contribution in [0.15, 0.2) is 39.3 Å². The van der Waals surface area contributed by atoms with Crippen LogP contribution >= 0.6 is 39.0 Å². The zero-order chi connectivity index (χ0) is 25.6. The Morgan fingerprint density at radius 1 is 1.12 bits per heavy atom. The van der Waals surface area contributed by atoms with Gasteiger partial charge in [0, 0.05) is 6.16 Å². The van der Waals surface area contributed by atoms with Gasteiger partial charge >= 0.3 is 5.97 Å². The highest BCUT2D eigenvalue weighted by atomic mass is 79.9. The summed E-state index contributed by atoms with van der Waals surface area (Å²) in [6, 6.07) is 7.12. The third-order valence-corrected chi connectivity index (χ3v) is 7.40. The van der Waals surface area contributed by atoms with Gasteiger partial charge in [-0.25, -0.2) is 4.79 Å². The van der Waals surface area contributed by atoms with Crippen molar-refractivity contribution in [2.45, 2.75) is 39.4 Å². The molecule has 2 unspecified atom stereocenters. The number of carbonyl (C=O) groups is 2. The summed E-state index contributed by atoms with van der Waals surface area (Å²) in [5.41, 5.74) is 0.858. The molecule has 0 saturated heterocycles. The first-order chi connectivity index (χ1) is 15.9. The highest BCUT2D eigenvalue weighted by Gasteiger charge is 2.28. The second-order valence-electron chi connectivity index (χ2n) is 8.49. The van der Waals surface area contributed by atoms with Gasteiger partial charge in [0.25, 0.3) is 5.91 Å². The van der Waals surface area contributed by atoms with Crippen molar-refractivity contribution in [1.29, 1.82) is 0 Å². The van der Waals surface area contributed by atoms with Crippen molar-refractivity contribution in [1.82, 2.24) is 5.32 Å². The number of carbonyl (C=O) groups excluding carboxylic acids is 2. The number of hydrogen-bond donors (Lipinski definition) is 2. The summed E-state index contributed by atoms with van der Waals surface area (Å²) < 4.78 is 24.5. The van der Waals surface area contributed by atoms with Crippen LogP contribution in [-0.4, -0.2) is 43.0 Å². The number of aromatic hydroxyl groups is 1. The molecule has 0 heterocycles. The molecular formula is C24H30Br2NO6P. The van der Waals surface area contributed by atoms with E-state index in [2.05, 4.69) is 37.2 Å². The molecule has 0 aromatic heterocycles. The van der Waals surface area contributed by atoms with Crippen LogP contribution in [0.25, 0.3) is 0 Å². The number of benzene rings is 2. The van der Waals surface area contributed by atoms with Gasteiger partial charge in [-0.15, -0.1) is 0 Å². The number of rotatable bonds is 10. The molecule has 0 radical (unpaired) electrons. The summed E-state index contributed by atoms with van der Waals surface area (Å²) in [7, 11) is -2.25. The maximum absolute atomic E-state index is 12.9. The Morgan fingerprint density at radius 2 is 1.74 bits per heavy atom. The molecule has 2 rings (SSSR count). The summed E-state index contributed by atoms with van der Waals surface area (Å²) in [4.78, 5) is 25.3. The second-order valence-corrected chi connectivity index (χ2v) is 13.7. The molecule has 2 aromatic carbocycles.